The molecule has 1 spiro atoms. The summed E-state index contributed by atoms with van der Waals surface area (Å²) in [6.07, 6.45) is 0.708. The lowest BCUT2D eigenvalue weighted by molar-refractivity contribution is -0.137. The molecule has 1 fully saturated rings. The first-order chi connectivity index (χ1) is 13.4. The van der Waals surface area contributed by atoms with Crippen LogP contribution in [0.2, 0.25) is 5.02 Å². The molecule has 6 heteroatoms. The fraction of sp³-hybridized carbons (Fsp3) is 0.273. The zero-order valence-electron chi connectivity index (χ0n) is 15.4. The number of amides is 2. The van der Waals surface area contributed by atoms with Crippen molar-refractivity contribution in [2.45, 2.75) is 37.1 Å². The SMILES string of the molecule is C=C(CC)C1N(Cl)C(=O)CC(c2cccc(Cl)c2)C12C(=O)Nc1ccccc12. The monoisotopic (exact) mass is 414 g/mol. The number of anilines is 1. The smallest absolute Gasteiger partial charge is 0.238 e. The number of fused-ring (bicyclic) bond motifs is 2. The average Bonchev–Trinajstić information content (AvgIpc) is 2.97. The molecule has 2 aliphatic rings. The van der Waals surface area contributed by atoms with Crippen LogP contribution in [-0.2, 0) is 15.0 Å². The van der Waals surface area contributed by atoms with Crippen LogP contribution in [0.4, 0.5) is 5.69 Å². The van der Waals surface area contributed by atoms with Crippen LogP contribution in [0.25, 0.3) is 0 Å². The Bertz CT molecular complexity index is 990. The zero-order valence-corrected chi connectivity index (χ0v) is 16.9. The van der Waals surface area contributed by atoms with Crippen molar-refractivity contribution in [2.75, 3.05) is 5.32 Å². The highest BCUT2D eigenvalue weighted by atomic mass is 35.5. The Morgan fingerprint density at radius 2 is 2.00 bits per heavy atom. The molecule has 0 aliphatic carbocycles. The molecule has 4 rings (SSSR count). The molecule has 28 heavy (non-hydrogen) atoms. The average molecular weight is 415 g/mol. The molecule has 4 nitrogen and oxygen atoms in total. The number of piperidine rings is 1. The number of nitrogens with one attached hydrogen (secondary N) is 1. The highest BCUT2D eigenvalue weighted by molar-refractivity contribution is 6.30. The van der Waals surface area contributed by atoms with Gasteiger partial charge in [0.2, 0.25) is 11.8 Å². The molecule has 2 heterocycles. The minimum absolute atomic E-state index is 0.110. The predicted octanol–water partition coefficient (Wildman–Crippen LogP) is 5.03. The van der Waals surface area contributed by atoms with Gasteiger partial charge in [0.05, 0.1) is 6.04 Å². The molecular weight excluding hydrogens is 395 g/mol. The maximum atomic E-state index is 13.6. The van der Waals surface area contributed by atoms with Crippen LogP contribution in [0.15, 0.2) is 60.7 Å². The quantitative estimate of drug-likeness (QED) is 0.565. The lowest BCUT2D eigenvalue weighted by Gasteiger charge is -2.49. The summed E-state index contributed by atoms with van der Waals surface area (Å²) < 4.78 is 1.18. The molecule has 3 unspecified atom stereocenters. The minimum Gasteiger partial charge on any atom is -0.325 e. The fourth-order valence-electron chi connectivity index (χ4n) is 4.63. The van der Waals surface area contributed by atoms with Crippen LogP contribution in [0.1, 0.15) is 36.8 Å². The Hall–Kier alpha value is -2.30. The van der Waals surface area contributed by atoms with E-state index in [4.69, 9.17) is 23.4 Å². The molecule has 0 saturated carbocycles. The Morgan fingerprint density at radius 3 is 2.71 bits per heavy atom. The second kappa shape index (κ2) is 6.94. The highest BCUT2D eigenvalue weighted by Crippen LogP contribution is 2.56. The van der Waals surface area contributed by atoms with Gasteiger partial charge in [-0.2, -0.15) is 0 Å². The van der Waals surface area contributed by atoms with E-state index in [0.717, 1.165) is 22.4 Å². The molecule has 0 bridgehead atoms. The molecule has 2 aliphatic heterocycles. The summed E-state index contributed by atoms with van der Waals surface area (Å²) in [5.74, 6) is -0.809. The molecule has 144 valence electrons. The van der Waals surface area contributed by atoms with Crippen LogP contribution < -0.4 is 5.32 Å². The number of halogens is 2. The van der Waals surface area contributed by atoms with Crippen LogP contribution in [0.5, 0.6) is 0 Å². The highest BCUT2D eigenvalue weighted by Gasteiger charge is 2.63. The van der Waals surface area contributed by atoms with Crippen LogP contribution in [-0.4, -0.2) is 22.3 Å². The Kier molecular flexibility index (Phi) is 4.72. The number of carbonyl (C=O) groups excluding carboxylic acids is 2. The normalized spacial score (nSPS) is 26.3. The third kappa shape index (κ3) is 2.59. The number of para-hydroxylation sites is 1. The lowest BCUT2D eigenvalue weighted by atomic mass is 9.59. The molecule has 3 atom stereocenters. The largest absolute Gasteiger partial charge is 0.325 e. The fourth-order valence-corrected chi connectivity index (χ4v) is 5.19. The number of benzene rings is 2. The van der Waals surface area contributed by atoms with Gasteiger partial charge in [0.25, 0.3) is 0 Å². The van der Waals surface area contributed by atoms with Crippen LogP contribution in [0, 0.1) is 0 Å². The van der Waals surface area contributed by atoms with E-state index in [2.05, 4.69) is 11.9 Å². The van der Waals surface area contributed by atoms with Gasteiger partial charge < -0.3 is 5.32 Å². The Labute approximate surface area is 174 Å². The van der Waals surface area contributed by atoms with Gasteiger partial charge in [-0.15, -0.1) is 0 Å². The third-order valence-electron chi connectivity index (χ3n) is 5.91. The first kappa shape index (κ1) is 19.0. The van der Waals surface area contributed by atoms with Crippen molar-refractivity contribution in [1.82, 2.24) is 4.42 Å². The third-order valence-corrected chi connectivity index (χ3v) is 6.53. The molecule has 1 N–H and O–H groups in total. The number of hydrogen-bond acceptors (Lipinski definition) is 2. The maximum absolute atomic E-state index is 13.6. The minimum atomic E-state index is -1.07. The summed E-state index contributed by atoms with van der Waals surface area (Å²) in [5.41, 5.74) is 2.09. The standard InChI is InChI=1S/C22H20Cl2N2O2/c1-3-13(2)20-22(16-9-4-5-10-18(16)25-21(22)28)17(12-19(27)26(20)24)14-7-6-8-15(23)11-14/h4-11,17,20H,2-3,12H2,1H3,(H,25,28). The van der Waals surface area contributed by atoms with Gasteiger partial charge in [0, 0.05) is 34.8 Å². The van der Waals surface area contributed by atoms with Crippen molar-refractivity contribution in [3.63, 3.8) is 0 Å². The molecular formula is C22H20Cl2N2O2. The topological polar surface area (TPSA) is 49.4 Å². The van der Waals surface area contributed by atoms with Gasteiger partial charge in [0.1, 0.15) is 5.41 Å². The Balaban J connectivity index is 2.03. The van der Waals surface area contributed by atoms with Gasteiger partial charge in [-0.1, -0.05) is 61.0 Å². The summed E-state index contributed by atoms with van der Waals surface area (Å²) in [6.45, 7) is 6.12. The molecule has 2 amide bonds. The van der Waals surface area contributed by atoms with Crippen LogP contribution in [0.3, 0.4) is 0 Å². The molecule has 1 saturated heterocycles. The second-order valence-electron chi connectivity index (χ2n) is 7.30. The Morgan fingerprint density at radius 1 is 1.25 bits per heavy atom. The summed E-state index contributed by atoms with van der Waals surface area (Å²) in [4.78, 5) is 26.4. The van der Waals surface area contributed by atoms with Gasteiger partial charge in [-0.3, -0.25) is 9.59 Å². The first-order valence-electron chi connectivity index (χ1n) is 9.23. The van der Waals surface area contributed by atoms with Crippen molar-refractivity contribution in [3.8, 4) is 0 Å². The van der Waals surface area contributed by atoms with Crippen molar-refractivity contribution < 1.29 is 9.59 Å². The number of rotatable bonds is 3. The number of carbonyl (C=O) groups is 2. The van der Waals surface area contributed by atoms with Gasteiger partial charge in [-0.25, -0.2) is 4.42 Å². The van der Waals surface area contributed by atoms with E-state index in [-0.39, 0.29) is 18.2 Å². The van der Waals surface area contributed by atoms with E-state index in [1.54, 1.807) is 6.07 Å². The molecule has 2 aromatic carbocycles. The molecule has 2 aromatic rings. The van der Waals surface area contributed by atoms with E-state index in [1.807, 2.05) is 49.4 Å². The van der Waals surface area contributed by atoms with Crippen molar-refractivity contribution in [1.29, 1.82) is 0 Å². The molecule has 0 radical (unpaired) electrons. The van der Waals surface area contributed by atoms with Gasteiger partial charge in [0.15, 0.2) is 0 Å². The van der Waals surface area contributed by atoms with Crippen molar-refractivity contribution in [2.24, 2.45) is 0 Å². The van der Waals surface area contributed by atoms with E-state index < -0.39 is 17.4 Å². The van der Waals surface area contributed by atoms with E-state index in [1.165, 1.54) is 4.42 Å². The van der Waals surface area contributed by atoms with E-state index >= 15 is 0 Å². The van der Waals surface area contributed by atoms with Crippen LogP contribution >= 0.6 is 23.4 Å². The van der Waals surface area contributed by atoms with E-state index in [0.29, 0.717) is 11.4 Å². The maximum Gasteiger partial charge on any atom is 0.238 e. The van der Waals surface area contributed by atoms with Crippen molar-refractivity contribution in [3.05, 3.63) is 76.8 Å². The lowest BCUT2D eigenvalue weighted by Crippen LogP contribution is -2.61. The summed E-state index contributed by atoms with van der Waals surface area (Å²) >= 11 is 12.8. The number of hydrogen-bond donors (Lipinski definition) is 1. The second-order valence-corrected chi connectivity index (χ2v) is 8.10. The van der Waals surface area contributed by atoms with Crippen molar-refractivity contribution >= 4 is 40.9 Å². The van der Waals surface area contributed by atoms with Gasteiger partial charge >= 0.3 is 0 Å². The van der Waals surface area contributed by atoms with E-state index in [9.17, 15) is 9.59 Å². The summed E-state index contributed by atoms with van der Waals surface area (Å²) in [5, 5.41) is 3.57. The first-order valence-corrected chi connectivity index (χ1v) is 9.94. The zero-order chi connectivity index (χ0) is 20.1. The summed E-state index contributed by atoms with van der Waals surface area (Å²) in [7, 11) is 0. The predicted molar refractivity (Wildman–Crippen MR) is 111 cm³/mol. The summed E-state index contributed by atoms with van der Waals surface area (Å²) in [6, 6.07) is 14.3. The molecule has 0 aromatic heterocycles. The number of nitrogens with zero attached hydrogens (tertiary/aromatic N) is 1. The van der Waals surface area contributed by atoms with Gasteiger partial charge in [-0.05, 0) is 35.7 Å².